The Morgan fingerprint density at radius 2 is 1.58 bits per heavy atom. The van der Waals surface area contributed by atoms with Crippen LogP contribution in [0.4, 0.5) is 0 Å². The first-order chi connectivity index (χ1) is 7.61. The fourth-order valence-electron chi connectivity index (χ4n) is 1.24. The summed E-state index contributed by atoms with van der Waals surface area (Å²) in [6, 6.07) is 11.1. The van der Waals surface area contributed by atoms with Gasteiger partial charge in [0.1, 0.15) is 0 Å². The minimum Gasteiger partial charge on any atom is -0.459 e. The molecule has 0 heterocycles. The summed E-state index contributed by atoms with van der Waals surface area (Å²) in [5.41, 5.74) is 1.41. The van der Waals surface area contributed by atoms with E-state index in [2.05, 4.69) is 58.2 Å². The van der Waals surface area contributed by atoms with Gasteiger partial charge < -0.3 is 4.90 Å². The maximum atomic E-state index is 3.88. The molecule has 4 heteroatoms. The summed E-state index contributed by atoms with van der Waals surface area (Å²) in [4.78, 5) is 2.02. The fourth-order valence-corrected chi connectivity index (χ4v) is 1.24. The Hall–Kier alpha value is 2.23. The molecule has 1 atom stereocenters. The molecule has 0 saturated heterocycles. The molecule has 0 bridgehead atoms. The van der Waals surface area contributed by atoms with Crippen molar-refractivity contribution in [2.24, 2.45) is 0 Å². The van der Waals surface area contributed by atoms with E-state index in [1.165, 1.54) is 18.4 Å². The summed E-state index contributed by atoms with van der Waals surface area (Å²) < 4.78 is 0. The van der Waals surface area contributed by atoms with Gasteiger partial charge >= 0.3 is 0 Å². The van der Waals surface area contributed by atoms with E-state index in [0.29, 0.717) is 6.04 Å². The molecule has 0 N–H and O–H groups in total. The number of rotatable bonds is 4. The van der Waals surface area contributed by atoms with Gasteiger partial charge in [0.15, 0.2) is 0 Å². The maximum absolute atomic E-state index is 3.88. The second-order valence-corrected chi connectivity index (χ2v) is 4.34. The van der Waals surface area contributed by atoms with E-state index in [9.17, 15) is 0 Å². The van der Waals surface area contributed by atoms with Gasteiger partial charge in [0.25, 0.3) is 0 Å². The van der Waals surface area contributed by atoms with Crippen molar-refractivity contribution in [2.75, 3.05) is 7.05 Å². The van der Waals surface area contributed by atoms with Gasteiger partial charge in [-0.2, -0.15) is 0 Å². The third-order valence-corrected chi connectivity index (χ3v) is 2.45. The Balaban J connectivity index is -0.000000172. The van der Waals surface area contributed by atoms with Crippen molar-refractivity contribution in [2.45, 2.75) is 46.1 Å². The molecule has 1 radical (unpaired) electrons. The second kappa shape index (κ2) is 20.2. The number of nitrogens with zero attached hydrogens (tertiary/aromatic N) is 1. The van der Waals surface area contributed by atoms with Crippen LogP contribution in [0.1, 0.15) is 39.2 Å². The number of hydrogen-bond acceptors (Lipinski definition) is 1. The van der Waals surface area contributed by atoms with Gasteiger partial charge in [0.05, 0.1) is 0 Å². The van der Waals surface area contributed by atoms with E-state index in [4.69, 9.17) is 0 Å². The molecule has 1 nitrogen and oxygen atoms in total. The van der Waals surface area contributed by atoms with E-state index < -0.39 is 0 Å². The molecule has 1 rings (SSSR count). The van der Waals surface area contributed by atoms with Crippen molar-refractivity contribution in [3.63, 3.8) is 0 Å². The minimum absolute atomic E-state index is 0. The van der Waals surface area contributed by atoms with Gasteiger partial charge in [0, 0.05) is 91.5 Å². The van der Waals surface area contributed by atoms with Crippen molar-refractivity contribution in [1.82, 2.24) is 4.90 Å². The average Bonchev–Trinajstić information content (AvgIpc) is 2.28. The molecule has 0 aliphatic rings. The molecule has 0 aromatic heterocycles. The fraction of sp³-hybridized carbons (Fsp3) is 0.533. The molecule has 1 unspecified atom stereocenters. The molecular weight excluding hydrogens is 507 g/mol. The van der Waals surface area contributed by atoms with E-state index in [-0.39, 0.29) is 91.5 Å². The van der Waals surface area contributed by atoms with Crippen molar-refractivity contribution in [1.29, 1.82) is 0 Å². The first-order valence-corrected chi connectivity index (χ1v) is 6.19. The van der Waals surface area contributed by atoms with E-state index >= 15 is 0 Å². The van der Waals surface area contributed by atoms with Crippen LogP contribution in [0.2, 0.25) is 0 Å². The zero-order valence-electron chi connectivity index (χ0n) is 12.6. The molecule has 0 aliphatic carbocycles. The van der Waals surface area contributed by atoms with E-state index in [1.54, 1.807) is 0 Å². The van der Waals surface area contributed by atoms with Crippen LogP contribution in [0.3, 0.4) is 0 Å². The van der Waals surface area contributed by atoms with Gasteiger partial charge in [-0.25, -0.2) is 0 Å². The Morgan fingerprint density at radius 1 is 1.16 bits per heavy atom. The Morgan fingerprint density at radius 3 is 1.95 bits per heavy atom. The normalized spacial score (nSPS) is 10.0. The van der Waals surface area contributed by atoms with Crippen LogP contribution in [-0.2, 0) is 60.2 Å². The number of benzene rings is 1. The van der Waals surface area contributed by atoms with Gasteiger partial charge in [-0.3, -0.25) is 7.05 Å². The summed E-state index contributed by atoms with van der Waals surface area (Å²) in [6.07, 6.45) is 3.56. The predicted octanol–water partition coefficient (Wildman–Crippen LogP) is 4.14. The van der Waals surface area contributed by atoms with Crippen molar-refractivity contribution in [3.8, 4) is 0 Å². The molecule has 0 saturated carbocycles. The van der Waals surface area contributed by atoms with E-state index in [0.717, 1.165) is 6.42 Å². The van der Waals surface area contributed by atoms with Gasteiger partial charge in [0.2, 0.25) is 0 Å². The topological polar surface area (TPSA) is 3.24 Å². The monoisotopic (exact) mass is 533 g/mol. The zero-order chi connectivity index (χ0) is 12.4. The molecule has 0 spiro atoms. The first-order valence-electron chi connectivity index (χ1n) is 6.19. The van der Waals surface area contributed by atoms with Crippen molar-refractivity contribution < 1.29 is 91.5 Å². The van der Waals surface area contributed by atoms with Gasteiger partial charge in [-0.05, 0) is 31.5 Å². The molecule has 1 aromatic rings. The van der Waals surface area contributed by atoms with Crippen LogP contribution in [0.25, 0.3) is 0 Å². The Labute approximate surface area is 189 Å². The number of hydrogen-bond donors (Lipinski definition) is 0. The maximum Gasteiger partial charge on any atom is 0 e. The quantitative estimate of drug-likeness (QED) is 0.527. The van der Waals surface area contributed by atoms with Crippen LogP contribution in [0.5, 0.6) is 0 Å². The van der Waals surface area contributed by atoms with Crippen LogP contribution < -0.4 is 0 Å². The third kappa shape index (κ3) is 18.2. The van der Waals surface area contributed by atoms with Crippen LogP contribution in [-0.4, -0.2) is 18.0 Å². The smallest absolute Gasteiger partial charge is 0 e. The predicted molar refractivity (Wildman–Crippen MR) is 73.3 cm³/mol. The number of aryl methyl sites for hydroxylation is 1. The third-order valence-electron chi connectivity index (χ3n) is 2.45. The Bertz CT molecular complexity index is 258. The molecule has 0 amide bonds. The zero-order valence-corrected chi connectivity index (χ0v) is 19.1. The summed E-state index contributed by atoms with van der Waals surface area (Å²) in [6.45, 7) is 6.45. The van der Waals surface area contributed by atoms with Crippen molar-refractivity contribution in [3.05, 3.63) is 42.9 Å². The van der Waals surface area contributed by atoms with Crippen LogP contribution >= 0.6 is 0 Å². The van der Waals surface area contributed by atoms with E-state index in [1.807, 2.05) is 11.9 Å². The molecule has 109 valence electrons. The first kappa shape index (κ1) is 29.3. The van der Waals surface area contributed by atoms with Crippen molar-refractivity contribution >= 4 is 0 Å². The largest absolute Gasteiger partial charge is 0.459 e. The van der Waals surface area contributed by atoms with Crippen LogP contribution in [0.15, 0.2) is 30.3 Å². The molecular formula is C15H26ArNWY-. The molecule has 0 fully saturated rings. The minimum atomic E-state index is 0. The summed E-state index contributed by atoms with van der Waals surface area (Å²) >= 11 is 0. The Kier molecular flexibility index (Phi) is 31.2. The summed E-state index contributed by atoms with van der Waals surface area (Å²) in [7, 11) is 5.91. The molecule has 19 heavy (non-hydrogen) atoms. The summed E-state index contributed by atoms with van der Waals surface area (Å²) in [5.74, 6) is 0. The SMILES string of the molecule is CCC.[Ar].[CH2-]N(C)C(C)CCc1ccccc1.[W].[Y]. The van der Waals surface area contributed by atoms with Gasteiger partial charge in [-0.15, -0.1) is 0 Å². The standard InChI is InChI=1S/C12H18N.C3H8.Ar.W.Y/c1-11(13(2)3)9-10-12-7-5-4-6-8-12;1-3-2;;;/h4-8,11H,2,9-10H2,1,3H3;3H2,1-2H3;;;/q-1;;;;. The molecule has 0 aliphatic heterocycles. The van der Waals surface area contributed by atoms with Gasteiger partial charge in [-0.1, -0.05) is 57.5 Å². The average molecular weight is 533 g/mol. The molecule has 1 aromatic carbocycles. The summed E-state index contributed by atoms with van der Waals surface area (Å²) in [5, 5.41) is 0. The second-order valence-electron chi connectivity index (χ2n) is 4.34. The van der Waals surface area contributed by atoms with Crippen LogP contribution in [0, 0.1) is 44.8 Å².